The number of thioether (sulfide) groups is 1. The van der Waals surface area contributed by atoms with Crippen LogP contribution in [0, 0.1) is 12.3 Å². The number of nitrogens with zero attached hydrogens (tertiary/aromatic N) is 4. The van der Waals surface area contributed by atoms with Crippen molar-refractivity contribution in [3.63, 3.8) is 0 Å². The molecule has 0 bridgehead atoms. The summed E-state index contributed by atoms with van der Waals surface area (Å²) in [6.07, 6.45) is 1.87. The molecule has 1 fully saturated rings. The first kappa shape index (κ1) is 35.4. The van der Waals surface area contributed by atoms with E-state index in [-0.39, 0.29) is 24.6 Å². The summed E-state index contributed by atoms with van der Waals surface area (Å²) in [4.78, 5) is 25.9. The molecular weight excluding hydrogens is 666 g/mol. The summed E-state index contributed by atoms with van der Waals surface area (Å²) in [7, 11) is 0. The molecule has 2 aromatic carbocycles. The maximum atomic E-state index is 13.1. The number of aryl methyl sites for hydroxylation is 1. The third-order valence-corrected chi connectivity index (χ3v) is 10.1. The van der Waals surface area contributed by atoms with E-state index < -0.39 is 23.1 Å². The van der Waals surface area contributed by atoms with Gasteiger partial charge in [-0.05, 0) is 55.7 Å². The van der Waals surface area contributed by atoms with Crippen LogP contribution in [0.25, 0.3) is 22.2 Å². The number of carboxylic acids is 1. The molecule has 5 aromatic rings. The van der Waals surface area contributed by atoms with Crippen molar-refractivity contribution in [2.24, 2.45) is 5.41 Å². The second-order valence-electron chi connectivity index (χ2n) is 13.8. The van der Waals surface area contributed by atoms with Crippen molar-refractivity contribution in [3.8, 4) is 17.0 Å². The molecule has 0 unspecified atom stereocenters. The van der Waals surface area contributed by atoms with E-state index in [9.17, 15) is 23.1 Å². The van der Waals surface area contributed by atoms with Gasteiger partial charge in [-0.2, -0.15) is 13.2 Å². The van der Waals surface area contributed by atoms with Gasteiger partial charge in [-0.1, -0.05) is 51.5 Å². The molecule has 3 aromatic heterocycles. The topological polar surface area (TPSA) is 99.4 Å². The van der Waals surface area contributed by atoms with Crippen LogP contribution >= 0.6 is 11.8 Å². The lowest BCUT2D eigenvalue weighted by molar-refractivity contribution is -0.160. The maximum absolute atomic E-state index is 13.1. The summed E-state index contributed by atoms with van der Waals surface area (Å²) in [6.45, 7) is 9.38. The number of carbonyl (C=O) groups is 1. The largest absolute Gasteiger partial charge is 0.487 e. The lowest BCUT2D eigenvalue weighted by Crippen LogP contribution is -2.42. The van der Waals surface area contributed by atoms with Crippen LogP contribution in [0.2, 0.25) is 0 Å². The zero-order valence-corrected chi connectivity index (χ0v) is 29.2. The van der Waals surface area contributed by atoms with Gasteiger partial charge in [0.05, 0.1) is 58.7 Å². The number of aliphatic carboxylic acids is 1. The lowest BCUT2D eigenvalue weighted by atomic mass is 9.69. The fourth-order valence-corrected chi connectivity index (χ4v) is 7.08. The molecule has 0 aliphatic heterocycles. The average Bonchev–Trinajstić information content (AvgIpc) is 3.31. The predicted molar refractivity (Wildman–Crippen MR) is 186 cm³/mol. The number of ether oxygens (including phenoxy) is 2. The Morgan fingerprint density at radius 1 is 0.960 bits per heavy atom. The molecule has 0 amide bonds. The van der Waals surface area contributed by atoms with Crippen LogP contribution in [0.15, 0.2) is 78.1 Å². The molecule has 1 aliphatic rings. The second-order valence-corrected chi connectivity index (χ2v) is 15.6. The molecule has 262 valence electrons. The summed E-state index contributed by atoms with van der Waals surface area (Å²) >= 11 is 1.72. The van der Waals surface area contributed by atoms with Crippen LogP contribution in [0.3, 0.4) is 0 Å². The van der Waals surface area contributed by atoms with Gasteiger partial charge >= 0.3 is 12.1 Å². The number of aromatic nitrogens is 4. The first-order valence-corrected chi connectivity index (χ1v) is 17.2. The molecular formula is C38H39F3N4O4S. The molecule has 1 N–H and O–H groups in total. The average molecular weight is 705 g/mol. The number of hydrogen-bond acceptors (Lipinski definition) is 7. The molecule has 0 saturated heterocycles. The van der Waals surface area contributed by atoms with Gasteiger partial charge in [0.1, 0.15) is 12.4 Å². The van der Waals surface area contributed by atoms with Crippen LogP contribution in [0.4, 0.5) is 13.2 Å². The van der Waals surface area contributed by atoms with E-state index >= 15 is 0 Å². The van der Waals surface area contributed by atoms with Gasteiger partial charge in [-0.15, -0.1) is 11.8 Å². The Morgan fingerprint density at radius 2 is 1.72 bits per heavy atom. The zero-order valence-electron chi connectivity index (χ0n) is 28.4. The minimum atomic E-state index is -4.45. The fraction of sp³-hybridized carbons (Fsp3) is 0.368. The second kappa shape index (κ2) is 14.1. The van der Waals surface area contributed by atoms with E-state index in [1.807, 2.05) is 49.4 Å². The van der Waals surface area contributed by atoms with Crippen molar-refractivity contribution in [1.29, 1.82) is 0 Å². The van der Waals surface area contributed by atoms with Crippen molar-refractivity contribution in [3.05, 3.63) is 101 Å². The molecule has 1 aliphatic carbocycles. The number of hydrogen-bond donors (Lipinski definition) is 1. The lowest BCUT2D eigenvalue weighted by Gasteiger charge is -2.37. The zero-order chi connectivity index (χ0) is 35.7. The summed E-state index contributed by atoms with van der Waals surface area (Å²) in [5.41, 5.74) is 3.89. The van der Waals surface area contributed by atoms with Crippen LogP contribution in [-0.4, -0.2) is 41.9 Å². The Morgan fingerprint density at radius 3 is 2.30 bits per heavy atom. The van der Waals surface area contributed by atoms with Crippen molar-refractivity contribution >= 4 is 28.6 Å². The van der Waals surface area contributed by atoms with E-state index in [1.165, 1.54) is 6.07 Å². The van der Waals surface area contributed by atoms with E-state index in [0.717, 1.165) is 51.4 Å². The Bertz CT molecular complexity index is 1970. The third-order valence-electron chi connectivity index (χ3n) is 8.78. The van der Waals surface area contributed by atoms with Crippen molar-refractivity contribution in [2.75, 3.05) is 6.61 Å². The van der Waals surface area contributed by atoms with E-state index in [0.29, 0.717) is 42.1 Å². The standard InChI is InChI=1S/C38H39F3N4O4S/c1-24-17-43-28(19-42-24)21-49-29-11-13-32-30(16-29)34(50-36(2,3)4)33(22-48-23-37(35(46)47)14-5-15-37)45(32)20-25-6-8-26(9-7-25)31-12-10-27(18-44-31)38(39,40)41/h6-13,16-19H,5,14-15,20-23H2,1-4H3,(H,46,47). The SMILES string of the molecule is Cc1cnc(COc2ccc3c(c2)c(SC(C)(C)C)c(COCC2(C(=O)O)CCC2)n3Cc2ccc(-c3ccc(C(F)(F)F)cn3)cc2)cn1. The fourth-order valence-electron chi connectivity index (χ4n) is 5.90. The molecule has 50 heavy (non-hydrogen) atoms. The molecule has 12 heteroatoms. The van der Waals surface area contributed by atoms with Crippen molar-refractivity contribution < 1.29 is 32.5 Å². The quantitative estimate of drug-likeness (QED) is 0.129. The number of benzene rings is 2. The molecule has 0 atom stereocenters. The Balaban J connectivity index is 1.34. The predicted octanol–water partition coefficient (Wildman–Crippen LogP) is 9.11. The summed E-state index contributed by atoms with van der Waals surface area (Å²) < 4.78 is 53.6. The van der Waals surface area contributed by atoms with Crippen LogP contribution in [0.1, 0.15) is 68.2 Å². The van der Waals surface area contributed by atoms with E-state index in [2.05, 4.69) is 40.3 Å². The smallest absolute Gasteiger partial charge is 0.417 e. The van der Waals surface area contributed by atoms with Gasteiger partial charge in [0.25, 0.3) is 0 Å². The summed E-state index contributed by atoms with van der Waals surface area (Å²) in [5.74, 6) is -0.149. The number of alkyl halides is 3. The first-order valence-electron chi connectivity index (χ1n) is 16.4. The summed E-state index contributed by atoms with van der Waals surface area (Å²) in [5, 5.41) is 10.9. The molecule has 0 radical (unpaired) electrons. The number of fused-ring (bicyclic) bond motifs is 1. The normalized spacial score (nSPS) is 14.5. The van der Waals surface area contributed by atoms with Gasteiger partial charge in [-0.3, -0.25) is 19.7 Å². The molecule has 8 nitrogen and oxygen atoms in total. The minimum Gasteiger partial charge on any atom is -0.487 e. The third kappa shape index (κ3) is 7.97. The highest BCUT2D eigenvalue weighted by Gasteiger charge is 2.44. The molecule has 0 spiro atoms. The van der Waals surface area contributed by atoms with Gasteiger partial charge in [0.2, 0.25) is 0 Å². The minimum absolute atomic E-state index is 0.129. The molecule has 1 saturated carbocycles. The van der Waals surface area contributed by atoms with Crippen molar-refractivity contribution in [2.45, 2.75) is 82.5 Å². The molecule has 6 rings (SSSR count). The van der Waals surface area contributed by atoms with Crippen LogP contribution in [-0.2, 0) is 35.5 Å². The Kier molecular flexibility index (Phi) is 9.96. The number of rotatable bonds is 12. The van der Waals surface area contributed by atoms with Crippen LogP contribution < -0.4 is 4.74 Å². The van der Waals surface area contributed by atoms with Crippen LogP contribution in [0.5, 0.6) is 5.75 Å². The maximum Gasteiger partial charge on any atom is 0.417 e. The first-order chi connectivity index (χ1) is 23.7. The molecule has 3 heterocycles. The monoisotopic (exact) mass is 704 g/mol. The van der Waals surface area contributed by atoms with Gasteiger partial charge < -0.3 is 19.1 Å². The Hall–Kier alpha value is -4.42. The highest BCUT2D eigenvalue weighted by atomic mass is 32.2. The summed E-state index contributed by atoms with van der Waals surface area (Å²) in [6, 6.07) is 16.0. The van der Waals surface area contributed by atoms with Gasteiger partial charge in [-0.25, -0.2) is 0 Å². The number of halogens is 3. The highest BCUT2D eigenvalue weighted by molar-refractivity contribution is 8.00. The number of carboxylic acid groups (broad SMARTS) is 1. The van der Waals surface area contributed by atoms with Gasteiger partial charge in [0.15, 0.2) is 0 Å². The highest BCUT2D eigenvalue weighted by Crippen LogP contribution is 2.44. The van der Waals surface area contributed by atoms with Gasteiger partial charge in [0, 0.05) is 39.5 Å². The van der Waals surface area contributed by atoms with E-state index in [4.69, 9.17) is 9.47 Å². The van der Waals surface area contributed by atoms with E-state index in [1.54, 1.807) is 24.2 Å². The van der Waals surface area contributed by atoms with Crippen molar-refractivity contribution in [1.82, 2.24) is 19.5 Å². The number of pyridine rings is 1. The Labute approximate surface area is 293 Å².